The average Bonchev–Trinajstić information content (AvgIpc) is 3.04. The summed E-state index contributed by atoms with van der Waals surface area (Å²) >= 11 is 3.44. The van der Waals surface area contributed by atoms with Gasteiger partial charge in [0.1, 0.15) is 25.0 Å². The first kappa shape index (κ1) is 18.2. The molecule has 27 heavy (non-hydrogen) atoms. The summed E-state index contributed by atoms with van der Waals surface area (Å²) in [6, 6.07) is 6.74. The van der Waals surface area contributed by atoms with Gasteiger partial charge in [-0.15, -0.1) is 0 Å². The van der Waals surface area contributed by atoms with E-state index < -0.39 is 36.7 Å². The molecular weight excluding hydrogens is 418 g/mol. The van der Waals surface area contributed by atoms with Crippen LogP contribution in [0.2, 0.25) is 0 Å². The fourth-order valence-corrected chi connectivity index (χ4v) is 4.36. The van der Waals surface area contributed by atoms with Crippen LogP contribution < -0.4 is 10.2 Å². The van der Waals surface area contributed by atoms with Gasteiger partial charge in [0.05, 0.1) is 0 Å². The molecule has 3 fully saturated rings. The van der Waals surface area contributed by atoms with Crippen LogP contribution in [0.5, 0.6) is 0 Å². The number of anilines is 1. The maximum absolute atomic E-state index is 12.9. The van der Waals surface area contributed by atoms with Crippen molar-refractivity contribution in [1.82, 2.24) is 20.0 Å². The van der Waals surface area contributed by atoms with Crippen LogP contribution in [0, 0.1) is 0 Å². The summed E-state index contributed by atoms with van der Waals surface area (Å²) < 4.78 is 0.984. The molecule has 0 bridgehead atoms. The third kappa shape index (κ3) is 2.97. The molecule has 3 aliphatic heterocycles. The Morgan fingerprint density at radius 2 is 1.96 bits per heavy atom. The van der Waals surface area contributed by atoms with Crippen molar-refractivity contribution in [3.05, 3.63) is 28.7 Å². The van der Waals surface area contributed by atoms with E-state index in [-0.39, 0.29) is 6.29 Å². The molecule has 144 valence electrons. The fraction of sp³-hybridized carbons (Fsp3) is 0.471. The number of nitrogens with zero attached hydrogens (tertiary/aromatic N) is 4. The van der Waals surface area contributed by atoms with E-state index in [4.69, 9.17) is 5.11 Å². The zero-order valence-electron chi connectivity index (χ0n) is 14.7. The van der Waals surface area contributed by atoms with E-state index in [0.29, 0.717) is 6.54 Å². The highest BCUT2D eigenvalue weighted by molar-refractivity contribution is 9.10. The van der Waals surface area contributed by atoms with Gasteiger partial charge in [-0.25, -0.2) is 4.79 Å². The van der Waals surface area contributed by atoms with E-state index >= 15 is 0 Å². The standard InChI is InChI=1S/C17H20BrN5O4/c1-20-14-13(15(26)23(17(20)27)9-12(24)25)22-8-2-7-21(16(22)19-14)11-5-3-10(18)4-6-11/h3-6,13-14,16,19H,2,7-9H2,1H3,(H,24,25). The number of aliphatic carboxylic acids is 1. The van der Waals surface area contributed by atoms with Gasteiger partial charge in [0.15, 0.2) is 0 Å². The van der Waals surface area contributed by atoms with Gasteiger partial charge in [-0.2, -0.15) is 0 Å². The fourth-order valence-electron chi connectivity index (χ4n) is 4.10. The molecular formula is C17H20BrN5O4. The van der Waals surface area contributed by atoms with Crippen LogP contribution in [0.15, 0.2) is 28.7 Å². The van der Waals surface area contributed by atoms with Crippen LogP contribution in [0.4, 0.5) is 10.5 Å². The molecule has 4 rings (SSSR count). The Labute approximate surface area is 164 Å². The number of halogens is 1. The summed E-state index contributed by atoms with van der Waals surface area (Å²) in [4.78, 5) is 43.0. The lowest BCUT2D eigenvalue weighted by molar-refractivity contribution is -0.147. The zero-order chi connectivity index (χ0) is 19.3. The molecule has 1 aromatic carbocycles. The molecule has 3 saturated heterocycles. The van der Waals surface area contributed by atoms with Gasteiger partial charge < -0.3 is 14.9 Å². The van der Waals surface area contributed by atoms with E-state index in [0.717, 1.165) is 28.0 Å². The minimum Gasteiger partial charge on any atom is -0.480 e. The summed E-state index contributed by atoms with van der Waals surface area (Å²) in [6.45, 7) is 0.890. The quantitative estimate of drug-likeness (QED) is 0.711. The van der Waals surface area contributed by atoms with Gasteiger partial charge in [0, 0.05) is 30.3 Å². The van der Waals surface area contributed by atoms with Gasteiger partial charge >= 0.3 is 12.0 Å². The molecule has 10 heteroatoms. The SMILES string of the molecule is CN1C(=O)N(CC(=O)O)C(=O)C2C1NC1N(c3ccc(Br)cc3)CCCN21. The summed E-state index contributed by atoms with van der Waals surface area (Å²) in [5.41, 5.74) is 1.02. The first-order valence-corrected chi connectivity index (χ1v) is 9.52. The first-order chi connectivity index (χ1) is 12.9. The number of hydrogen-bond acceptors (Lipinski definition) is 6. The first-order valence-electron chi connectivity index (χ1n) is 8.72. The second-order valence-corrected chi connectivity index (χ2v) is 7.82. The van der Waals surface area contributed by atoms with Crippen molar-refractivity contribution < 1.29 is 19.5 Å². The third-order valence-corrected chi connectivity index (χ3v) is 5.85. The van der Waals surface area contributed by atoms with Crippen molar-refractivity contribution in [3.8, 4) is 0 Å². The topological polar surface area (TPSA) is 96.4 Å². The van der Waals surface area contributed by atoms with E-state index in [2.05, 4.69) is 26.1 Å². The summed E-state index contributed by atoms with van der Waals surface area (Å²) in [7, 11) is 1.59. The summed E-state index contributed by atoms with van der Waals surface area (Å²) in [6.07, 6.45) is 0.136. The van der Waals surface area contributed by atoms with Crippen LogP contribution >= 0.6 is 15.9 Å². The van der Waals surface area contributed by atoms with Gasteiger partial charge in [0.2, 0.25) is 0 Å². The number of amides is 3. The highest BCUT2D eigenvalue weighted by Crippen LogP contribution is 2.33. The van der Waals surface area contributed by atoms with Gasteiger partial charge in [-0.3, -0.25) is 24.7 Å². The molecule has 0 spiro atoms. The number of urea groups is 1. The Kier molecular flexibility index (Phi) is 4.57. The number of imide groups is 1. The number of likely N-dealkylation sites (N-methyl/N-ethyl adjacent to an activating group) is 1. The van der Waals surface area contributed by atoms with Crippen LogP contribution in [-0.4, -0.2) is 82.9 Å². The van der Waals surface area contributed by atoms with E-state index in [1.54, 1.807) is 7.05 Å². The summed E-state index contributed by atoms with van der Waals surface area (Å²) in [5, 5.41) is 12.5. The van der Waals surface area contributed by atoms with Crippen LogP contribution in [-0.2, 0) is 9.59 Å². The minimum absolute atomic E-state index is 0.237. The molecule has 3 atom stereocenters. The number of carboxylic acids is 1. The van der Waals surface area contributed by atoms with Gasteiger partial charge in [0.25, 0.3) is 5.91 Å². The molecule has 3 heterocycles. The second-order valence-electron chi connectivity index (χ2n) is 6.90. The van der Waals surface area contributed by atoms with E-state index in [9.17, 15) is 14.4 Å². The number of rotatable bonds is 3. The van der Waals surface area contributed by atoms with Crippen molar-refractivity contribution in [2.45, 2.75) is 24.9 Å². The number of benzene rings is 1. The van der Waals surface area contributed by atoms with Crippen molar-refractivity contribution in [3.63, 3.8) is 0 Å². The van der Waals surface area contributed by atoms with Gasteiger partial charge in [-0.05, 0) is 30.7 Å². The van der Waals surface area contributed by atoms with Crippen molar-refractivity contribution >= 4 is 39.5 Å². The molecule has 3 aliphatic rings. The predicted octanol–water partition coefficient (Wildman–Crippen LogP) is 0.521. The Bertz CT molecular complexity index is 788. The molecule has 0 saturated carbocycles. The number of fused-ring (bicyclic) bond motifs is 3. The van der Waals surface area contributed by atoms with Crippen LogP contribution in [0.25, 0.3) is 0 Å². The third-order valence-electron chi connectivity index (χ3n) is 5.32. The normalized spacial score (nSPS) is 28.4. The smallest absolute Gasteiger partial charge is 0.328 e. The highest BCUT2D eigenvalue weighted by atomic mass is 79.9. The zero-order valence-corrected chi connectivity index (χ0v) is 16.3. The Hall–Kier alpha value is -2.17. The van der Waals surface area contributed by atoms with Crippen LogP contribution in [0.3, 0.4) is 0 Å². The van der Waals surface area contributed by atoms with Crippen molar-refractivity contribution in [1.29, 1.82) is 0 Å². The van der Waals surface area contributed by atoms with Crippen LogP contribution in [0.1, 0.15) is 6.42 Å². The Morgan fingerprint density at radius 1 is 1.26 bits per heavy atom. The maximum atomic E-state index is 12.9. The molecule has 9 nitrogen and oxygen atoms in total. The van der Waals surface area contributed by atoms with Crippen molar-refractivity contribution in [2.75, 3.05) is 31.6 Å². The lowest BCUT2D eigenvalue weighted by Gasteiger charge is -2.43. The lowest BCUT2D eigenvalue weighted by Crippen LogP contribution is -2.66. The Morgan fingerprint density at radius 3 is 2.63 bits per heavy atom. The molecule has 0 aliphatic carbocycles. The lowest BCUT2D eigenvalue weighted by atomic mass is 10.1. The number of hydrogen-bond donors (Lipinski definition) is 2. The molecule has 1 aromatic rings. The second kappa shape index (κ2) is 6.77. The summed E-state index contributed by atoms with van der Waals surface area (Å²) in [5.74, 6) is -1.67. The average molecular weight is 438 g/mol. The molecule has 0 aromatic heterocycles. The molecule has 0 radical (unpaired) electrons. The predicted molar refractivity (Wildman–Crippen MR) is 99.8 cm³/mol. The van der Waals surface area contributed by atoms with E-state index in [1.165, 1.54) is 4.90 Å². The molecule has 2 N–H and O–H groups in total. The highest BCUT2D eigenvalue weighted by Gasteiger charge is 2.56. The van der Waals surface area contributed by atoms with E-state index in [1.807, 2.05) is 29.2 Å². The number of carbonyl (C=O) groups is 3. The Balaban J connectivity index is 1.65. The number of nitrogens with one attached hydrogen (secondary N) is 1. The maximum Gasteiger partial charge on any atom is 0.328 e. The molecule has 3 amide bonds. The largest absolute Gasteiger partial charge is 0.480 e. The van der Waals surface area contributed by atoms with Gasteiger partial charge in [-0.1, -0.05) is 15.9 Å². The number of carboxylic acid groups (broad SMARTS) is 1. The monoisotopic (exact) mass is 437 g/mol. The number of carbonyl (C=O) groups excluding carboxylic acids is 2. The minimum atomic E-state index is -1.21. The molecule has 3 unspecified atom stereocenters. The van der Waals surface area contributed by atoms with Crippen molar-refractivity contribution in [2.24, 2.45) is 0 Å².